The minimum atomic E-state index is -2.41. The topological polar surface area (TPSA) is 9.23 Å². The second-order valence-electron chi connectivity index (χ2n) is 8.22. The van der Waals surface area contributed by atoms with Crippen LogP contribution in [0.15, 0.2) is 41.6 Å². The molecule has 7 heteroatoms. The van der Waals surface area contributed by atoms with Gasteiger partial charge in [0.25, 0.3) is 0 Å². The van der Waals surface area contributed by atoms with Gasteiger partial charge in [-0.05, 0) is 31.5 Å². The molecule has 1 nitrogen and oxygen atoms in total. The summed E-state index contributed by atoms with van der Waals surface area (Å²) in [6.45, 7) is 6.08. The molecule has 0 aliphatic carbocycles. The lowest BCUT2D eigenvalue weighted by atomic mass is 9.86. The Morgan fingerprint density at radius 3 is 1.97 bits per heavy atom. The van der Waals surface area contributed by atoms with E-state index in [4.69, 9.17) is 4.43 Å². The van der Waals surface area contributed by atoms with Gasteiger partial charge in [0.1, 0.15) is 5.60 Å². The Balaban J connectivity index is 2.13. The Morgan fingerprint density at radius 1 is 0.833 bits per heavy atom. The van der Waals surface area contributed by atoms with Crippen molar-refractivity contribution in [3.8, 4) is 0 Å². The van der Waals surface area contributed by atoms with Gasteiger partial charge in [0.2, 0.25) is 14.1 Å². The van der Waals surface area contributed by atoms with Crippen LogP contribution in [-0.2, 0) is 16.4 Å². The summed E-state index contributed by atoms with van der Waals surface area (Å²) in [6.07, 6.45) is 5.22. The Kier molecular flexibility index (Phi) is 6.53. The van der Waals surface area contributed by atoms with E-state index in [9.17, 15) is 22.0 Å². The van der Waals surface area contributed by atoms with Gasteiger partial charge in [0.05, 0.1) is 0 Å². The predicted octanol–water partition coefficient (Wildman–Crippen LogP) is 7.10. The van der Waals surface area contributed by atoms with Crippen molar-refractivity contribution in [2.45, 2.75) is 57.7 Å². The molecular formula is C23H25F5OSi. The zero-order chi connectivity index (χ0) is 22.1. The minimum absolute atomic E-state index is 0.476. The molecule has 1 aliphatic rings. The van der Waals surface area contributed by atoms with Crippen LogP contribution in [-0.4, -0.2) is 8.32 Å². The van der Waals surface area contributed by atoms with Crippen LogP contribution < -0.4 is 0 Å². The second kappa shape index (κ2) is 8.63. The molecule has 0 saturated heterocycles. The summed E-state index contributed by atoms with van der Waals surface area (Å²) in [4.78, 5) is 0. The van der Waals surface area contributed by atoms with E-state index in [0.29, 0.717) is 5.56 Å². The van der Waals surface area contributed by atoms with Crippen molar-refractivity contribution in [3.63, 3.8) is 0 Å². The fraction of sp³-hybridized carbons (Fsp3) is 0.391. The number of halogens is 5. The molecule has 0 fully saturated rings. The molecule has 3 rings (SSSR count). The molecule has 1 aliphatic heterocycles. The highest BCUT2D eigenvalue weighted by atomic mass is 28.4. The van der Waals surface area contributed by atoms with Crippen LogP contribution in [0.2, 0.25) is 13.1 Å². The molecule has 162 valence electrons. The van der Waals surface area contributed by atoms with Crippen LogP contribution in [0.1, 0.15) is 43.7 Å². The number of rotatable bonds is 7. The highest BCUT2D eigenvalue weighted by Gasteiger charge is 2.48. The minimum Gasteiger partial charge on any atom is -0.400 e. The van der Waals surface area contributed by atoms with Crippen molar-refractivity contribution in [2.24, 2.45) is 0 Å². The molecule has 1 unspecified atom stereocenters. The highest BCUT2D eigenvalue weighted by Crippen LogP contribution is 2.45. The average Bonchev–Trinajstić information content (AvgIpc) is 3.00. The number of allylic oxidation sites excluding steroid dienone is 1. The molecule has 0 radical (unpaired) electrons. The number of hydrogen-bond donors (Lipinski definition) is 0. The van der Waals surface area contributed by atoms with E-state index >= 15 is 0 Å². The fourth-order valence-corrected chi connectivity index (χ4v) is 6.71. The fourth-order valence-electron chi connectivity index (χ4n) is 4.06. The summed E-state index contributed by atoms with van der Waals surface area (Å²) in [5.41, 5.74) is -1.51. The first-order chi connectivity index (χ1) is 14.1. The van der Waals surface area contributed by atoms with Crippen molar-refractivity contribution in [1.82, 2.24) is 0 Å². The van der Waals surface area contributed by atoms with E-state index in [1.807, 2.05) is 19.2 Å². The summed E-state index contributed by atoms with van der Waals surface area (Å²) in [6, 6.07) is 8.82. The standard InChI is InChI=1S/C23H25F5OSi/c1-4-5-7-12-16-13-23(29-30(16,2)3,15-10-8-6-9-11-15)14-17-18(24)20(26)22(28)21(27)19(17)25/h6,8-11,13H,4-5,7,12,14H2,1-3H3. The quantitative estimate of drug-likeness (QED) is 0.147. The maximum absolute atomic E-state index is 14.5. The van der Waals surface area contributed by atoms with Crippen LogP contribution in [0.4, 0.5) is 22.0 Å². The van der Waals surface area contributed by atoms with Crippen molar-refractivity contribution in [2.75, 3.05) is 0 Å². The van der Waals surface area contributed by atoms with Gasteiger partial charge in [0, 0.05) is 12.0 Å². The van der Waals surface area contributed by atoms with Gasteiger partial charge in [-0.25, -0.2) is 22.0 Å². The lowest BCUT2D eigenvalue weighted by Gasteiger charge is -2.33. The van der Waals surface area contributed by atoms with Crippen molar-refractivity contribution >= 4 is 8.32 Å². The van der Waals surface area contributed by atoms with Gasteiger partial charge in [-0.2, -0.15) is 0 Å². The normalized spacial score (nSPS) is 20.5. The van der Waals surface area contributed by atoms with Crippen LogP contribution in [0.5, 0.6) is 0 Å². The Hall–Kier alpha value is -1.99. The SMILES string of the molecule is CCCCCC1=CC(Cc2c(F)c(F)c(F)c(F)c2F)(c2ccccc2)O[Si]1(C)C. The number of benzene rings is 2. The molecule has 0 spiro atoms. The average molecular weight is 441 g/mol. The number of hydrogen-bond acceptors (Lipinski definition) is 1. The van der Waals surface area contributed by atoms with Crippen LogP contribution in [0.25, 0.3) is 0 Å². The summed E-state index contributed by atoms with van der Waals surface area (Å²) in [5, 5.41) is 1.09. The molecule has 1 atom stereocenters. The van der Waals surface area contributed by atoms with Gasteiger partial charge >= 0.3 is 0 Å². The van der Waals surface area contributed by atoms with E-state index in [2.05, 4.69) is 6.92 Å². The third-order valence-electron chi connectivity index (χ3n) is 5.67. The predicted molar refractivity (Wildman–Crippen MR) is 109 cm³/mol. The third kappa shape index (κ3) is 4.10. The molecule has 0 amide bonds. The number of unbranched alkanes of at least 4 members (excludes halogenated alkanes) is 2. The van der Waals surface area contributed by atoms with Crippen molar-refractivity contribution in [3.05, 3.63) is 81.8 Å². The summed E-state index contributed by atoms with van der Waals surface area (Å²) < 4.78 is 76.6. The van der Waals surface area contributed by atoms with Crippen LogP contribution in [0, 0.1) is 29.1 Å². The molecule has 30 heavy (non-hydrogen) atoms. The molecule has 0 bridgehead atoms. The lowest BCUT2D eigenvalue weighted by Crippen LogP contribution is -2.38. The Morgan fingerprint density at radius 2 is 1.40 bits per heavy atom. The summed E-state index contributed by atoms with van der Waals surface area (Å²) in [7, 11) is -2.41. The summed E-state index contributed by atoms with van der Waals surface area (Å²) >= 11 is 0. The molecule has 1 heterocycles. The smallest absolute Gasteiger partial charge is 0.215 e. The van der Waals surface area contributed by atoms with E-state index < -0.39 is 55.0 Å². The van der Waals surface area contributed by atoms with E-state index in [0.717, 1.165) is 30.9 Å². The molecule has 2 aromatic carbocycles. The maximum Gasteiger partial charge on any atom is 0.215 e. The molecule has 0 N–H and O–H groups in total. The Bertz CT molecular complexity index is 929. The van der Waals surface area contributed by atoms with E-state index in [1.165, 1.54) is 0 Å². The first-order valence-corrected chi connectivity index (χ1v) is 13.0. The largest absolute Gasteiger partial charge is 0.400 e. The van der Waals surface area contributed by atoms with Crippen LogP contribution >= 0.6 is 0 Å². The van der Waals surface area contributed by atoms with E-state index in [-0.39, 0.29) is 0 Å². The highest BCUT2D eigenvalue weighted by molar-refractivity contribution is 6.79. The molecule has 0 saturated carbocycles. The first-order valence-electron chi connectivity index (χ1n) is 10.1. The summed E-state index contributed by atoms with van der Waals surface area (Å²) in [5.74, 6) is -9.64. The molecule has 0 aromatic heterocycles. The zero-order valence-electron chi connectivity index (χ0n) is 17.3. The van der Waals surface area contributed by atoms with Gasteiger partial charge in [-0.15, -0.1) is 0 Å². The lowest BCUT2D eigenvalue weighted by molar-refractivity contribution is 0.121. The monoisotopic (exact) mass is 440 g/mol. The Labute approximate surface area is 174 Å². The second-order valence-corrected chi connectivity index (χ2v) is 12.1. The maximum atomic E-state index is 14.5. The third-order valence-corrected chi connectivity index (χ3v) is 8.49. The first kappa shape index (κ1) is 22.7. The van der Waals surface area contributed by atoms with E-state index in [1.54, 1.807) is 30.3 Å². The van der Waals surface area contributed by atoms with Crippen molar-refractivity contribution in [1.29, 1.82) is 0 Å². The molecular weight excluding hydrogens is 415 g/mol. The van der Waals surface area contributed by atoms with Gasteiger partial charge in [-0.3, -0.25) is 0 Å². The molecule has 2 aromatic rings. The zero-order valence-corrected chi connectivity index (χ0v) is 18.3. The van der Waals surface area contributed by atoms with Crippen molar-refractivity contribution < 1.29 is 26.4 Å². The van der Waals surface area contributed by atoms with Gasteiger partial charge in [0.15, 0.2) is 23.3 Å². The van der Waals surface area contributed by atoms with Gasteiger partial charge < -0.3 is 4.43 Å². The van der Waals surface area contributed by atoms with Crippen LogP contribution in [0.3, 0.4) is 0 Å². The van der Waals surface area contributed by atoms with Gasteiger partial charge in [-0.1, -0.05) is 61.4 Å².